The summed E-state index contributed by atoms with van der Waals surface area (Å²) in [6.45, 7) is 4.64. The highest BCUT2D eigenvalue weighted by Gasteiger charge is 2.26. The standard InChI is InChI=1S/C15H23NO2/c1-3-18-15-7-5-4-6-12(15)10-13-11-16(2)9-8-14(13)17/h4-7,13-14,17H,3,8-11H2,1-2H3. The van der Waals surface area contributed by atoms with Crippen LogP contribution in [0.15, 0.2) is 24.3 Å². The summed E-state index contributed by atoms with van der Waals surface area (Å²) in [5.74, 6) is 1.27. The van der Waals surface area contributed by atoms with Crippen LogP contribution in [0.3, 0.4) is 0 Å². The van der Waals surface area contributed by atoms with E-state index in [0.717, 1.165) is 31.7 Å². The molecule has 0 spiro atoms. The molecule has 2 rings (SSSR count). The average Bonchev–Trinajstić information content (AvgIpc) is 2.36. The van der Waals surface area contributed by atoms with Crippen molar-refractivity contribution in [2.24, 2.45) is 5.92 Å². The van der Waals surface area contributed by atoms with Crippen LogP contribution in [-0.4, -0.2) is 42.9 Å². The number of para-hydroxylation sites is 1. The molecule has 0 bridgehead atoms. The Kier molecular flexibility index (Phi) is 4.61. The van der Waals surface area contributed by atoms with E-state index >= 15 is 0 Å². The highest BCUT2D eigenvalue weighted by atomic mass is 16.5. The Labute approximate surface area is 109 Å². The predicted octanol–water partition coefficient (Wildman–Crippen LogP) is 1.94. The summed E-state index contributed by atoms with van der Waals surface area (Å²) in [5, 5.41) is 10.1. The van der Waals surface area contributed by atoms with Crippen LogP contribution >= 0.6 is 0 Å². The number of hydrogen-bond donors (Lipinski definition) is 1. The molecule has 1 aliphatic heterocycles. The van der Waals surface area contributed by atoms with Crippen molar-refractivity contribution in [1.82, 2.24) is 4.90 Å². The molecule has 1 heterocycles. The lowest BCUT2D eigenvalue weighted by atomic mass is 9.88. The van der Waals surface area contributed by atoms with Crippen LogP contribution in [-0.2, 0) is 6.42 Å². The number of benzene rings is 1. The van der Waals surface area contributed by atoms with Gasteiger partial charge in [0.2, 0.25) is 0 Å². The van der Waals surface area contributed by atoms with E-state index in [9.17, 15) is 5.11 Å². The van der Waals surface area contributed by atoms with Crippen LogP contribution in [0, 0.1) is 5.92 Å². The second kappa shape index (κ2) is 6.21. The third-order valence-corrected chi connectivity index (χ3v) is 3.65. The smallest absolute Gasteiger partial charge is 0.122 e. The molecule has 2 atom stereocenters. The second-order valence-corrected chi connectivity index (χ2v) is 5.12. The fraction of sp³-hybridized carbons (Fsp3) is 0.600. The summed E-state index contributed by atoms with van der Waals surface area (Å²) in [6.07, 6.45) is 1.58. The number of likely N-dealkylation sites (tertiary alicyclic amines) is 1. The first-order chi connectivity index (χ1) is 8.70. The lowest BCUT2D eigenvalue weighted by Gasteiger charge is -2.34. The molecule has 18 heavy (non-hydrogen) atoms. The highest BCUT2D eigenvalue weighted by Crippen LogP contribution is 2.26. The van der Waals surface area contributed by atoms with Gasteiger partial charge in [-0.05, 0) is 38.4 Å². The molecule has 1 aromatic rings. The average molecular weight is 249 g/mol. The maximum absolute atomic E-state index is 10.1. The molecule has 1 aromatic carbocycles. The van der Waals surface area contributed by atoms with Crippen molar-refractivity contribution in [3.63, 3.8) is 0 Å². The van der Waals surface area contributed by atoms with Crippen molar-refractivity contribution >= 4 is 0 Å². The summed E-state index contributed by atoms with van der Waals surface area (Å²) in [5.41, 5.74) is 1.21. The lowest BCUT2D eigenvalue weighted by Crippen LogP contribution is -2.42. The quantitative estimate of drug-likeness (QED) is 0.885. The molecule has 100 valence electrons. The number of hydrogen-bond acceptors (Lipinski definition) is 3. The normalized spacial score (nSPS) is 25.1. The Bertz CT molecular complexity index is 381. The van der Waals surface area contributed by atoms with Gasteiger partial charge in [0, 0.05) is 19.0 Å². The number of piperidine rings is 1. The molecule has 0 radical (unpaired) electrons. The summed E-state index contributed by atoms with van der Waals surface area (Å²) < 4.78 is 5.65. The Morgan fingerprint density at radius 2 is 2.17 bits per heavy atom. The number of ether oxygens (including phenoxy) is 1. The zero-order valence-corrected chi connectivity index (χ0v) is 11.3. The van der Waals surface area contributed by atoms with Gasteiger partial charge in [-0.15, -0.1) is 0 Å². The maximum Gasteiger partial charge on any atom is 0.122 e. The van der Waals surface area contributed by atoms with E-state index in [0.29, 0.717) is 12.5 Å². The zero-order valence-electron chi connectivity index (χ0n) is 11.3. The molecule has 1 saturated heterocycles. The maximum atomic E-state index is 10.1. The summed E-state index contributed by atoms with van der Waals surface area (Å²) >= 11 is 0. The number of rotatable bonds is 4. The largest absolute Gasteiger partial charge is 0.494 e. The van der Waals surface area contributed by atoms with Crippen molar-refractivity contribution in [3.8, 4) is 5.75 Å². The van der Waals surface area contributed by atoms with E-state index in [4.69, 9.17) is 4.74 Å². The van der Waals surface area contributed by atoms with E-state index in [-0.39, 0.29) is 6.10 Å². The number of aliphatic hydroxyl groups is 1. The van der Waals surface area contributed by atoms with E-state index in [1.807, 2.05) is 25.1 Å². The predicted molar refractivity (Wildman–Crippen MR) is 72.9 cm³/mol. The lowest BCUT2D eigenvalue weighted by molar-refractivity contribution is 0.0363. The van der Waals surface area contributed by atoms with Crippen LogP contribution in [0.25, 0.3) is 0 Å². The van der Waals surface area contributed by atoms with E-state index in [1.54, 1.807) is 0 Å². The molecule has 1 N–H and O–H groups in total. The van der Waals surface area contributed by atoms with Crippen LogP contribution in [0.2, 0.25) is 0 Å². The van der Waals surface area contributed by atoms with Crippen LogP contribution in [0.4, 0.5) is 0 Å². The van der Waals surface area contributed by atoms with Gasteiger partial charge in [0.05, 0.1) is 12.7 Å². The van der Waals surface area contributed by atoms with Gasteiger partial charge in [-0.25, -0.2) is 0 Å². The summed E-state index contributed by atoms with van der Waals surface area (Å²) in [4.78, 5) is 2.29. The zero-order chi connectivity index (χ0) is 13.0. The Hall–Kier alpha value is -1.06. The van der Waals surface area contributed by atoms with Crippen molar-refractivity contribution in [1.29, 1.82) is 0 Å². The third kappa shape index (κ3) is 3.24. The third-order valence-electron chi connectivity index (χ3n) is 3.65. The fourth-order valence-corrected chi connectivity index (χ4v) is 2.65. The van der Waals surface area contributed by atoms with Gasteiger partial charge in [-0.1, -0.05) is 18.2 Å². The fourth-order valence-electron chi connectivity index (χ4n) is 2.65. The summed E-state index contributed by atoms with van der Waals surface area (Å²) in [6, 6.07) is 8.15. The second-order valence-electron chi connectivity index (χ2n) is 5.12. The van der Waals surface area contributed by atoms with Gasteiger partial charge in [-0.3, -0.25) is 0 Å². The van der Waals surface area contributed by atoms with Crippen molar-refractivity contribution in [2.45, 2.75) is 25.9 Å². The van der Waals surface area contributed by atoms with E-state index < -0.39 is 0 Å². The van der Waals surface area contributed by atoms with Crippen LogP contribution < -0.4 is 4.74 Å². The van der Waals surface area contributed by atoms with Gasteiger partial charge < -0.3 is 14.7 Å². The Balaban J connectivity index is 2.07. The Morgan fingerprint density at radius 1 is 1.39 bits per heavy atom. The molecule has 3 nitrogen and oxygen atoms in total. The monoisotopic (exact) mass is 249 g/mol. The molecule has 0 saturated carbocycles. The first-order valence-corrected chi connectivity index (χ1v) is 6.78. The van der Waals surface area contributed by atoms with Crippen molar-refractivity contribution in [2.75, 3.05) is 26.7 Å². The molecule has 3 heteroatoms. The van der Waals surface area contributed by atoms with Crippen LogP contribution in [0.5, 0.6) is 5.75 Å². The van der Waals surface area contributed by atoms with Gasteiger partial charge in [-0.2, -0.15) is 0 Å². The molecular weight excluding hydrogens is 226 g/mol. The number of aliphatic hydroxyl groups excluding tert-OH is 1. The van der Waals surface area contributed by atoms with E-state index in [2.05, 4.69) is 18.0 Å². The Morgan fingerprint density at radius 3 is 2.94 bits per heavy atom. The van der Waals surface area contributed by atoms with Gasteiger partial charge in [0.25, 0.3) is 0 Å². The first-order valence-electron chi connectivity index (χ1n) is 6.78. The minimum absolute atomic E-state index is 0.184. The molecule has 1 aliphatic rings. The van der Waals surface area contributed by atoms with Crippen molar-refractivity contribution < 1.29 is 9.84 Å². The molecule has 2 unspecified atom stereocenters. The molecule has 0 amide bonds. The van der Waals surface area contributed by atoms with Crippen molar-refractivity contribution in [3.05, 3.63) is 29.8 Å². The minimum Gasteiger partial charge on any atom is -0.494 e. The molecular formula is C15H23NO2. The van der Waals surface area contributed by atoms with Gasteiger partial charge in [0.15, 0.2) is 0 Å². The molecule has 1 fully saturated rings. The first kappa shape index (κ1) is 13.4. The SMILES string of the molecule is CCOc1ccccc1CC1CN(C)CCC1O. The minimum atomic E-state index is -0.184. The highest BCUT2D eigenvalue weighted by molar-refractivity contribution is 5.33. The molecule has 0 aromatic heterocycles. The summed E-state index contributed by atoms with van der Waals surface area (Å²) in [7, 11) is 2.12. The molecule has 0 aliphatic carbocycles. The van der Waals surface area contributed by atoms with Crippen LogP contribution in [0.1, 0.15) is 18.9 Å². The van der Waals surface area contributed by atoms with Gasteiger partial charge >= 0.3 is 0 Å². The number of nitrogens with zero attached hydrogens (tertiary/aromatic N) is 1. The van der Waals surface area contributed by atoms with Gasteiger partial charge in [0.1, 0.15) is 5.75 Å². The van der Waals surface area contributed by atoms with E-state index in [1.165, 1.54) is 5.56 Å². The topological polar surface area (TPSA) is 32.7 Å².